The van der Waals surface area contributed by atoms with E-state index in [2.05, 4.69) is 15.6 Å². The van der Waals surface area contributed by atoms with Crippen molar-refractivity contribution in [2.45, 2.75) is 31.7 Å². The molecule has 7 nitrogen and oxygen atoms in total. The van der Waals surface area contributed by atoms with Crippen LogP contribution in [-0.2, 0) is 0 Å². The number of likely N-dealkylation sites (tertiary alicyclic amines) is 1. The van der Waals surface area contributed by atoms with Gasteiger partial charge in [-0.2, -0.15) is 0 Å². The number of carbonyl (C=O) groups is 1. The van der Waals surface area contributed by atoms with Crippen molar-refractivity contribution in [3.05, 3.63) is 17.8 Å². The number of hydrogen-bond acceptors (Lipinski definition) is 6. The van der Waals surface area contributed by atoms with Crippen molar-refractivity contribution in [2.24, 2.45) is 5.84 Å². The summed E-state index contributed by atoms with van der Waals surface area (Å²) >= 11 is 0. The Morgan fingerprint density at radius 2 is 2.26 bits per heavy atom. The normalized spacial score (nSPS) is 19.9. The molecule has 104 valence electrons. The molecule has 19 heavy (non-hydrogen) atoms. The standard InChI is InChI=1S/C12H19N5O2/c13-14-11-6-5-10(15-16-11)12(19)17-7-3-1-2-4-9(17)8-18/h5-6,9,18H,1-4,7-8,13H2,(H,14,16). The average molecular weight is 265 g/mol. The molecule has 0 saturated carbocycles. The van der Waals surface area contributed by atoms with Crippen LogP contribution < -0.4 is 11.3 Å². The first-order chi connectivity index (χ1) is 9.26. The van der Waals surface area contributed by atoms with Gasteiger partial charge >= 0.3 is 0 Å². The molecule has 4 N–H and O–H groups in total. The zero-order valence-corrected chi connectivity index (χ0v) is 10.7. The minimum absolute atomic E-state index is 0.0123. The summed E-state index contributed by atoms with van der Waals surface area (Å²) in [7, 11) is 0. The lowest BCUT2D eigenvalue weighted by atomic mass is 10.1. The van der Waals surface area contributed by atoms with Gasteiger partial charge in [-0.05, 0) is 25.0 Å². The van der Waals surface area contributed by atoms with Gasteiger partial charge in [0.25, 0.3) is 5.91 Å². The predicted octanol–water partition coefficient (Wildman–Crippen LogP) is 0.139. The Labute approximate surface area is 111 Å². The summed E-state index contributed by atoms with van der Waals surface area (Å²) in [4.78, 5) is 14.1. The SMILES string of the molecule is NNc1ccc(C(=O)N2CCCCCC2CO)nn1. The van der Waals surface area contributed by atoms with Crippen molar-refractivity contribution in [2.75, 3.05) is 18.6 Å². The molecule has 2 rings (SSSR count). The Hall–Kier alpha value is -1.73. The van der Waals surface area contributed by atoms with Crippen molar-refractivity contribution in [3.8, 4) is 0 Å². The number of rotatable bonds is 3. The second kappa shape index (κ2) is 6.44. The highest BCUT2D eigenvalue weighted by Gasteiger charge is 2.26. The number of nitrogen functional groups attached to an aromatic ring is 1. The Morgan fingerprint density at radius 1 is 1.42 bits per heavy atom. The summed E-state index contributed by atoms with van der Waals surface area (Å²) in [6, 6.07) is 3.07. The zero-order chi connectivity index (χ0) is 13.7. The van der Waals surface area contributed by atoms with Crippen LogP contribution in [0, 0.1) is 0 Å². The fourth-order valence-electron chi connectivity index (χ4n) is 2.30. The van der Waals surface area contributed by atoms with Crippen LogP contribution in [0.15, 0.2) is 12.1 Å². The number of nitrogens with one attached hydrogen (secondary N) is 1. The Bertz CT molecular complexity index is 423. The molecule has 1 atom stereocenters. The molecule has 1 aromatic rings. The summed E-state index contributed by atoms with van der Waals surface area (Å²) in [6.07, 6.45) is 3.91. The van der Waals surface area contributed by atoms with Gasteiger partial charge in [-0.3, -0.25) is 4.79 Å². The van der Waals surface area contributed by atoms with E-state index in [1.807, 2.05) is 0 Å². The van der Waals surface area contributed by atoms with Crippen LogP contribution in [0.4, 0.5) is 5.82 Å². The highest BCUT2D eigenvalue weighted by molar-refractivity contribution is 5.92. The van der Waals surface area contributed by atoms with Gasteiger partial charge in [0.1, 0.15) is 0 Å². The molecule has 1 aromatic heterocycles. The van der Waals surface area contributed by atoms with E-state index in [4.69, 9.17) is 5.84 Å². The number of nitrogens with zero attached hydrogens (tertiary/aromatic N) is 3. The number of aliphatic hydroxyl groups is 1. The predicted molar refractivity (Wildman–Crippen MR) is 70.2 cm³/mol. The lowest BCUT2D eigenvalue weighted by Gasteiger charge is -2.28. The topological polar surface area (TPSA) is 104 Å². The third-order valence-corrected chi connectivity index (χ3v) is 3.38. The number of aromatic nitrogens is 2. The number of aliphatic hydroxyl groups excluding tert-OH is 1. The van der Waals surface area contributed by atoms with Gasteiger partial charge in [0, 0.05) is 6.54 Å². The first-order valence-corrected chi connectivity index (χ1v) is 6.48. The molecule has 1 unspecified atom stereocenters. The van der Waals surface area contributed by atoms with Crippen LogP contribution in [0.5, 0.6) is 0 Å². The smallest absolute Gasteiger partial charge is 0.274 e. The van der Waals surface area contributed by atoms with Crippen molar-refractivity contribution in [1.29, 1.82) is 0 Å². The van der Waals surface area contributed by atoms with Crippen molar-refractivity contribution in [1.82, 2.24) is 15.1 Å². The number of carbonyl (C=O) groups excluding carboxylic acids is 1. The van der Waals surface area contributed by atoms with E-state index in [-0.39, 0.29) is 24.2 Å². The minimum Gasteiger partial charge on any atom is -0.394 e. The third-order valence-electron chi connectivity index (χ3n) is 3.38. The van der Waals surface area contributed by atoms with Gasteiger partial charge in [-0.1, -0.05) is 12.8 Å². The number of hydrogen-bond donors (Lipinski definition) is 3. The first kappa shape index (κ1) is 13.7. The molecule has 1 amide bonds. The molecule has 0 radical (unpaired) electrons. The van der Waals surface area contributed by atoms with Crippen LogP contribution in [-0.4, -0.2) is 45.3 Å². The minimum atomic E-state index is -0.183. The number of hydrazine groups is 1. The van der Waals surface area contributed by atoms with Gasteiger partial charge in [-0.15, -0.1) is 10.2 Å². The summed E-state index contributed by atoms with van der Waals surface area (Å²) in [5.41, 5.74) is 2.64. The quantitative estimate of drug-likeness (QED) is 0.530. The van der Waals surface area contributed by atoms with E-state index in [9.17, 15) is 9.90 Å². The largest absolute Gasteiger partial charge is 0.394 e. The van der Waals surface area contributed by atoms with E-state index < -0.39 is 0 Å². The third kappa shape index (κ3) is 3.18. The van der Waals surface area contributed by atoms with Crippen LogP contribution in [0.3, 0.4) is 0 Å². The molecule has 0 bridgehead atoms. The van der Waals surface area contributed by atoms with Gasteiger partial charge in [-0.25, -0.2) is 5.84 Å². The molecule has 0 spiro atoms. The fourth-order valence-corrected chi connectivity index (χ4v) is 2.30. The summed E-state index contributed by atoms with van der Waals surface area (Å²) in [6.45, 7) is 0.643. The first-order valence-electron chi connectivity index (χ1n) is 6.48. The van der Waals surface area contributed by atoms with E-state index in [1.165, 1.54) is 0 Å². The molecule has 0 aromatic carbocycles. The van der Waals surface area contributed by atoms with Gasteiger partial charge in [0.05, 0.1) is 12.6 Å². The fraction of sp³-hybridized carbons (Fsp3) is 0.583. The van der Waals surface area contributed by atoms with Gasteiger partial charge in [0.2, 0.25) is 0 Å². The van der Waals surface area contributed by atoms with E-state index in [0.717, 1.165) is 25.7 Å². The second-order valence-electron chi connectivity index (χ2n) is 4.63. The van der Waals surface area contributed by atoms with E-state index in [1.54, 1.807) is 17.0 Å². The molecule has 1 fully saturated rings. The Morgan fingerprint density at radius 3 is 2.89 bits per heavy atom. The lowest BCUT2D eigenvalue weighted by molar-refractivity contribution is 0.0593. The maximum atomic E-state index is 12.4. The monoisotopic (exact) mass is 265 g/mol. The maximum absolute atomic E-state index is 12.4. The molecular weight excluding hydrogens is 246 g/mol. The molecule has 7 heteroatoms. The highest BCUT2D eigenvalue weighted by atomic mass is 16.3. The average Bonchev–Trinajstić information content (AvgIpc) is 2.71. The molecule has 1 aliphatic rings. The van der Waals surface area contributed by atoms with Crippen LogP contribution in [0.25, 0.3) is 0 Å². The second-order valence-corrected chi connectivity index (χ2v) is 4.63. The molecule has 2 heterocycles. The molecular formula is C12H19N5O2. The number of anilines is 1. The summed E-state index contributed by atoms with van der Waals surface area (Å²) in [5, 5.41) is 17.1. The van der Waals surface area contributed by atoms with Crippen molar-refractivity contribution in [3.63, 3.8) is 0 Å². The van der Waals surface area contributed by atoms with Crippen LogP contribution >= 0.6 is 0 Å². The van der Waals surface area contributed by atoms with Crippen LogP contribution in [0.2, 0.25) is 0 Å². The van der Waals surface area contributed by atoms with Crippen LogP contribution in [0.1, 0.15) is 36.2 Å². The summed E-state index contributed by atoms with van der Waals surface area (Å²) in [5.74, 6) is 5.43. The molecule has 0 aliphatic carbocycles. The van der Waals surface area contributed by atoms with Gasteiger partial charge in [0.15, 0.2) is 11.5 Å². The van der Waals surface area contributed by atoms with Crippen molar-refractivity contribution >= 4 is 11.7 Å². The van der Waals surface area contributed by atoms with E-state index >= 15 is 0 Å². The molecule has 1 aliphatic heterocycles. The zero-order valence-electron chi connectivity index (χ0n) is 10.7. The van der Waals surface area contributed by atoms with Crippen molar-refractivity contribution < 1.29 is 9.90 Å². The Kier molecular flexibility index (Phi) is 4.64. The van der Waals surface area contributed by atoms with Gasteiger partial charge < -0.3 is 15.4 Å². The summed E-state index contributed by atoms with van der Waals surface area (Å²) < 4.78 is 0. The molecule has 1 saturated heterocycles. The number of amides is 1. The lowest BCUT2D eigenvalue weighted by Crippen LogP contribution is -2.42. The number of nitrogens with two attached hydrogens (primary N) is 1. The maximum Gasteiger partial charge on any atom is 0.274 e. The van der Waals surface area contributed by atoms with E-state index in [0.29, 0.717) is 12.4 Å². The highest BCUT2D eigenvalue weighted by Crippen LogP contribution is 2.18. The Balaban J connectivity index is 2.15.